The van der Waals surface area contributed by atoms with Crippen molar-refractivity contribution in [1.29, 1.82) is 0 Å². The molecule has 2 amide bonds. The molecule has 0 saturated carbocycles. The molecule has 0 heterocycles. The summed E-state index contributed by atoms with van der Waals surface area (Å²) in [6.45, 7) is 1.55. The number of rotatable bonds is 5. The van der Waals surface area contributed by atoms with Gasteiger partial charge in [-0.05, 0) is 19.1 Å². The van der Waals surface area contributed by atoms with Gasteiger partial charge in [-0.25, -0.2) is 8.78 Å². The second-order valence-corrected chi connectivity index (χ2v) is 4.00. The van der Waals surface area contributed by atoms with Crippen molar-refractivity contribution in [3.8, 4) is 0 Å². The third-order valence-corrected chi connectivity index (χ3v) is 2.33. The lowest BCUT2D eigenvalue weighted by molar-refractivity contribution is -0.118. The van der Waals surface area contributed by atoms with Crippen molar-refractivity contribution in [1.82, 2.24) is 5.32 Å². The quantitative estimate of drug-likeness (QED) is 0.454. The highest BCUT2D eigenvalue weighted by atomic mass is 19.1. The lowest BCUT2D eigenvalue weighted by Gasteiger charge is -2.13. The highest BCUT2D eigenvalue weighted by Gasteiger charge is 2.16. The summed E-state index contributed by atoms with van der Waals surface area (Å²) < 4.78 is 26.8. The van der Waals surface area contributed by atoms with Gasteiger partial charge in [0, 0.05) is 18.0 Å². The number of carbonyl (C=O) groups excluding carboxylic acids is 2. The number of halogens is 2. The van der Waals surface area contributed by atoms with Gasteiger partial charge in [-0.1, -0.05) is 0 Å². The maximum Gasteiger partial charge on any atom is 0.251 e. The summed E-state index contributed by atoms with van der Waals surface area (Å²) >= 11 is 0. The average molecular weight is 272 g/mol. The van der Waals surface area contributed by atoms with Crippen molar-refractivity contribution in [3.63, 3.8) is 0 Å². The molecule has 1 aromatic rings. The van der Waals surface area contributed by atoms with Crippen LogP contribution in [0.25, 0.3) is 0 Å². The predicted molar refractivity (Wildman–Crippen MR) is 64.9 cm³/mol. The summed E-state index contributed by atoms with van der Waals surface area (Å²) in [6, 6.07) is 1.14. The lowest BCUT2D eigenvalue weighted by atomic mass is 10.1. The van der Waals surface area contributed by atoms with Crippen LogP contribution in [0.4, 0.5) is 14.5 Å². The van der Waals surface area contributed by atoms with Crippen LogP contribution in [0.15, 0.2) is 12.1 Å². The van der Waals surface area contributed by atoms with E-state index in [1.165, 1.54) is 0 Å². The maximum absolute atomic E-state index is 13.4. The number of nitrogen functional groups attached to an aromatic ring is 1. The molecule has 0 radical (unpaired) electrons. The van der Waals surface area contributed by atoms with Gasteiger partial charge in [0.25, 0.3) is 5.91 Å². The second-order valence-electron chi connectivity index (χ2n) is 4.00. The van der Waals surface area contributed by atoms with Crippen LogP contribution in [-0.4, -0.2) is 17.9 Å². The molecule has 0 aliphatic rings. The summed E-state index contributed by atoms with van der Waals surface area (Å²) in [5, 5.41) is 2.39. The van der Waals surface area contributed by atoms with Gasteiger partial charge >= 0.3 is 0 Å². The Hall–Kier alpha value is -2.22. The van der Waals surface area contributed by atoms with Crippen molar-refractivity contribution >= 4 is 17.5 Å². The van der Waals surface area contributed by atoms with Crippen LogP contribution in [0.5, 0.6) is 0 Å². The van der Waals surface area contributed by atoms with Crippen LogP contribution in [0.2, 0.25) is 0 Å². The zero-order valence-electron chi connectivity index (χ0n) is 10.2. The van der Waals surface area contributed by atoms with E-state index in [1.807, 2.05) is 5.43 Å². The molecule has 1 rings (SSSR count). The molecule has 6 nitrogen and oxygen atoms in total. The molecule has 6 N–H and O–H groups in total. The fraction of sp³-hybridized carbons (Fsp3) is 0.273. The van der Waals surface area contributed by atoms with Crippen LogP contribution in [0, 0.1) is 11.6 Å². The van der Waals surface area contributed by atoms with Crippen molar-refractivity contribution < 1.29 is 18.4 Å². The first-order valence-corrected chi connectivity index (χ1v) is 5.40. The SMILES string of the molecule is CC(CC(N)=O)NC(=O)c1cc(F)c(NN)c(F)c1. The summed E-state index contributed by atoms with van der Waals surface area (Å²) in [4.78, 5) is 22.3. The number of nitrogens with two attached hydrogens (primary N) is 2. The van der Waals surface area contributed by atoms with Gasteiger partial charge in [-0.2, -0.15) is 0 Å². The standard InChI is InChI=1S/C11H14F2N4O2/c1-5(2-9(14)18)16-11(19)6-3-7(12)10(17-15)8(13)4-6/h3-5,17H,2,15H2,1H3,(H2,14,18)(H,16,19). The number of hydrogen-bond donors (Lipinski definition) is 4. The highest BCUT2D eigenvalue weighted by Crippen LogP contribution is 2.19. The summed E-state index contributed by atoms with van der Waals surface area (Å²) in [7, 11) is 0. The number of nitrogens with one attached hydrogen (secondary N) is 2. The van der Waals surface area contributed by atoms with Crippen molar-refractivity contribution in [2.24, 2.45) is 11.6 Å². The molecule has 0 saturated heterocycles. The van der Waals surface area contributed by atoms with E-state index in [0.29, 0.717) is 0 Å². The molecule has 1 unspecified atom stereocenters. The van der Waals surface area contributed by atoms with Gasteiger partial charge in [-0.15, -0.1) is 0 Å². The molecule has 104 valence electrons. The Labute approximate surface area is 108 Å². The zero-order chi connectivity index (χ0) is 14.6. The molecular weight excluding hydrogens is 258 g/mol. The second kappa shape index (κ2) is 6.10. The van der Waals surface area contributed by atoms with Gasteiger partial charge in [0.05, 0.1) is 0 Å². The third kappa shape index (κ3) is 3.88. The van der Waals surface area contributed by atoms with E-state index in [0.717, 1.165) is 12.1 Å². The van der Waals surface area contributed by atoms with Crippen molar-refractivity contribution in [2.45, 2.75) is 19.4 Å². The monoisotopic (exact) mass is 272 g/mol. The van der Waals surface area contributed by atoms with Gasteiger partial charge in [0.2, 0.25) is 5.91 Å². The minimum Gasteiger partial charge on any atom is -0.370 e. The Bertz CT molecular complexity index is 484. The van der Waals surface area contributed by atoms with Crippen molar-refractivity contribution in [2.75, 3.05) is 5.43 Å². The number of primary amides is 1. The summed E-state index contributed by atoms with van der Waals surface area (Å²) in [5.74, 6) is 1.65. The number of carbonyl (C=O) groups is 2. The fourth-order valence-corrected chi connectivity index (χ4v) is 1.50. The minimum atomic E-state index is -0.991. The summed E-state index contributed by atoms with van der Waals surface area (Å²) in [5.41, 5.74) is 6.07. The van der Waals surface area contributed by atoms with E-state index in [1.54, 1.807) is 6.92 Å². The van der Waals surface area contributed by atoms with E-state index < -0.39 is 35.2 Å². The molecule has 0 aromatic heterocycles. The molecule has 0 aliphatic heterocycles. The van der Waals surface area contributed by atoms with Crippen LogP contribution in [0.3, 0.4) is 0 Å². The minimum absolute atomic E-state index is 0.0703. The normalized spacial score (nSPS) is 11.8. The molecule has 0 bridgehead atoms. The Morgan fingerprint density at radius 2 is 1.84 bits per heavy atom. The molecule has 1 aromatic carbocycles. The maximum atomic E-state index is 13.4. The van der Waals surface area contributed by atoms with Crippen LogP contribution in [0.1, 0.15) is 23.7 Å². The molecule has 0 fully saturated rings. The smallest absolute Gasteiger partial charge is 0.251 e. The Morgan fingerprint density at radius 1 is 1.32 bits per heavy atom. The molecule has 19 heavy (non-hydrogen) atoms. The van der Waals surface area contributed by atoms with Gasteiger partial charge < -0.3 is 16.5 Å². The van der Waals surface area contributed by atoms with Gasteiger partial charge in [0.1, 0.15) is 5.69 Å². The first kappa shape index (κ1) is 14.8. The topological polar surface area (TPSA) is 110 Å². The van der Waals surface area contributed by atoms with Gasteiger partial charge in [-0.3, -0.25) is 15.4 Å². The van der Waals surface area contributed by atoms with E-state index in [2.05, 4.69) is 5.32 Å². The first-order valence-electron chi connectivity index (χ1n) is 5.40. The number of anilines is 1. The lowest BCUT2D eigenvalue weighted by Crippen LogP contribution is -2.35. The molecule has 1 atom stereocenters. The van der Waals surface area contributed by atoms with Gasteiger partial charge in [0.15, 0.2) is 11.6 Å². The molecule has 8 heteroatoms. The zero-order valence-corrected chi connectivity index (χ0v) is 10.2. The molecular formula is C11H14F2N4O2. The Morgan fingerprint density at radius 3 is 2.26 bits per heavy atom. The number of hydrazine groups is 1. The number of amides is 2. The number of benzene rings is 1. The predicted octanol–water partition coefficient (Wildman–Crippen LogP) is 0.244. The Kier molecular flexibility index (Phi) is 4.76. The molecule has 0 aliphatic carbocycles. The van der Waals surface area contributed by atoms with E-state index >= 15 is 0 Å². The van der Waals surface area contributed by atoms with Crippen molar-refractivity contribution in [3.05, 3.63) is 29.3 Å². The summed E-state index contributed by atoms with van der Waals surface area (Å²) in [6.07, 6.45) is -0.0703. The highest BCUT2D eigenvalue weighted by molar-refractivity contribution is 5.95. The van der Waals surface area contributed by atoms with E-state index in [-0.39, 0.29) is 12.0 Å². The van der Waals surface area contributed by atoms with E-state index in [4.69, 9.17) is 11.6 Å². The van der Waals surface area contributed by atoms with E-state index in [9.17, 15) is 18.4 Å². The average Bonchev–Trinajstić information content (AvgIpc) is 2.26. The van der Waals surface area contributed by atoms with Crippen LogP contribution >= 0.6 is 0 Å². The Balaban J connectivity index is 2.86. The van der Waals surface area contributed by atoms with Crippen LogP contribution in [-0.2, 0) is 4.79 Å². The fourth-order valence-electron chi connectivity index (χ4n) is 1.50. The largest absolute Gasteiger partial charge is 0.370 e. The number of hydrogen-bond acceptors (Lipinski definition) is 4. The van der Waals surface area contributed by atoms with Crippen LogP contribution < -0.4 is 22.3 Å². The first-order chi connectivity index (χ1) is 8.85. The third-order valence-electron chi connectivity index (χ3n) is 2.33. The molecule has 0 spiro atoms.